The summed E-state index contributed by atoms with van der Waals surface area (Å²) in [5.74, 6) is -1.19. The van der Waals surface area contributed by atoms with Gasteiger partial charge in [0.1, 0.15) is 0 Å². The van der Waals surface area contributed by atoms with E-state index in [9.17, 15) is 9.59 Å². The molecule has 0 atom stereocenters. The molecule has 0 unspecified atom stereocenters. The normalized spacial score (nSPS) is 10.8. The van der Waals surface area contributed by atoms with Crippen molar-refractivity contribution in [1.29, 1.82) is 0 Å². The summed E-state index contributed by atoms with van der Waals surface area (Å²) >= 11 is 12.8. The largest absolute Gasteiger partial charge is 0.481 e. The average molecular weight is 381 g/mol. The molecule has 0 saturated carbocycles. The zero-order valence-electron chi connectivity index (χ0n) is 12.1. The summed E-state index contributed by atoms with van der Waals surface area (Å²) in [4.78, 5) is 24.7. The Morgan fingerprint density at radius 1 is 1.08 bits per heavy atom. The van der Waals surface area contributed by atoms with Crippen LogP contribution in [0.4, 0.5) is 0 Å². The van der Waals surface area contributed by atoms with Gasteiger partial charge >= 0.3 is 5.97 Å². The van der Waals surface area contributed by atoms with E-state index in [0.717, 1.165) is 10.4 Å². The lowest BCUT2D eigenvalue weighted by Gasteiger charge is -2.01. The Hall–Kier alpha value is -2.08. The second-order valence-electron chi connectivity index (χ2n) is 4.98. The van der Waals surface area contributed by atoms with Gasteiger partial charge in [-0.25, -0.2) is 0 Å². The fourth-order valence-corrected chi connectivity index (χ4v) is 3.64. The Morgan fingerprint density at radius 3 is 2.38 bits per heavy atom. The van der Waals surface area contributed by atoms with Crippen molar-refractivity contribution in [3.8, 4) is 10.4 Å². The summed E-state index contributed by atoms with van der Waals surface area (Å²) in [7, 11) is 0. The van der Waals surface area contributed by atoms with E-state index >= 15 is 0 Å². The summed E-state index contributed by atoms with van der Waals surface area (Å²) in [6.45, 7) is 0. The SMILES string of the molecule is O=C(O)Cc1cc(C(=O)c2ccc(Cl)o2)sc1-c1ccc(Cl)cc1. The molecule has 0 saturated heterocycles. The minimum absolute atomic E-state index is 0.116. The van der Waals surface area contributed by atoms with Gasteiger partial charge in [-0.2, -0.15) is 0 Å². The zero-order valence-corrected chi connectivity index (χ0v) is 14.4. The smallest absolute Gasteiger partial charge is 0.307 e. The molecule has 0 spiro atoms. The molecule has 0 fully saturated rings. The first-order chi connectivity index (χ1) is 11.4. The molecule has 0 radical (unpaired) electrons. The van der Waals surface area contributed by atoms with Crippen LogP contribution in [0.15, 0.2) is 46.9 Å². The van der Waals surface area contributed by atoms with Crippen LogP contribution in [-0.4, -0.2) is 16.9 Å². The number of benzene rings is 1. The van der Waals surface area contributed by atoms with Gasteiger partial charge in [0.15, 0.2) is 11.0 Å². The van der Waals surface area contributed by atoms with Crippen molar-refractivity contribution < 1.29 is 19.1 Å². The van der Waals surface area contributed by atoms with Crippen LogP contribution in [-0.2, 0) is 11.2 Å². The number of rotatable bonds is 5. The van der Waals surface area contributed by atoms with E-state index in [1.165, 1.54) is 23.5 Å². The van der Waals surface area contributed by atoms with E-state index < -0.39 is 5.97 Å². The van der Waals surface area contributed by atoms with Gasteiger partial charge in [-0.1, -0.05) is 23.7 Å². The first-order valence-corrected chi connectivity index (χ1v) is 8.42. The van der Waals surface area contributed by atoms with E-state index in [2.05, 4.69) is 0 Å². The summed E-state index contributed by atoms with van der Waals surface area (Å²) in [5.41, 5.74) is 1.37. The standard InChI is InChI=1S/C17H10Cl2O4S/c18-11-3-1-9(2-4-11)17-10(8-15(20)21)7-13(24-17)16(22)12-5-6-14(19)23-12/h1-7H,8H2,(H,20,21). The third kappa shape index (κ3) is 3.53. The number of aliphatic carboxylic acids is 1. The van der Waals surface area contributed by atoms with E-state index in [4.69, 9.17) is 32.7 Å². The van der Waals surface area contributed by atoms with Crippen molar-refractivity contribution in [2.75, 3.05) is 0 Å². The fraction of sp³-hybridized carbons (Fsp3) is 0.0588. The molecule has 7 heteroatoms. The van der Waals surface area contributed by atoms with Gasteiger partial charge in [-0.3, -0.25) is 9.59 Å². The number of hydrogen-bond acceptors (Lipinski definition) is 4. The maximum atomic E-state index is 12.5. The van der Waals surface area contributed by atoms with Crippen LogP contribution in [0.5, 0.6) is 0 Å². The Balaban J connectivity index is 2.04. The van der Waals surface area contributed by atoms with E-state index in [-0.39, 0.29) is 23.2 Å². The first-order valence-electron chi connectivity index (χ1n) is 6.84. The van der Waals surface area contributed by atoms with Crippen molar-refractivity contribution in [3.63, 3.8) is 0 Å². The summed E-state index contributed by atoms with van der Waals surface area (Å²) in [6, 6.07) is 11.6. The molecule has 0 amide bonds. The Morgan fingerprint density at radius 2 is 1.79 bits per heavy atom. The highest BCUT2D eigenvalue weighted by molar-refractivity contribution is 7.17. The molecule has 1 N–H and O–H groups in total. The molecule has 0 aliphatic heterocycles. The quantitative estimate of drug-likeness (QED) is 0.619. The third-order valence-electron chi connectivity index (χ3n) is 3.28. The van der Waals surface area contributed by atoms with Gasteiger partial charge in [-0.05, 0) is 53.1 Å². The van der Waals surface area contributed by atoms with E-state index in [1.54, 1.807) is 30.3 Å². The lowest BCUT2D eigenvalue weighted by Crippen LogP contribution is -2.00. The van der Waals surface area contributed by atoms with Crippen molar-refractivity contribution in [3.05, 3.63) is 68.9 Å². The first kappa shape index (κ1) is 16.8. The number of thiophene rings is 1. The molecule has 0 aliphatic rings. The summed E-state index contributed by atoms with van der Waals surface area (Å²) in [5, 5.41) is 9.82. The number of carboxylic acids is 1. The highest BCUT2D eigenvalue weighted by Crippen LogP contribution is 2.35. The molecular weight excluding hydrogens is 371 g/mol. The van der Waals surface area contributed by atoms with Crippen molar-refractivity contribution in [2.24, 2.45) is 0 Å². The number of hydrogen-bond donors (Lipinski definition) is 1. The molecule has 24 heavy (non-hydrogen) atoms. The van der Waals surface area contributed by atoms with Crippen LogP contribution in [0.1, 0.15) is 21.0 Å². The van der Waals surface area contributed by atoms with Gasteiger partial charge in [0.25, 0.3) is 0 Å². The van der Waals surface area contributed by atoms with Crippen LogP contribution in [0.2, 0.25) is 10.2 Å². The summed E-state index contributed by atoms with van der Waals surface area (Å²) in [6.07, 6.45) is -0.180. The Labute approximate surface area is 151 Å². The number of ketones is 1. The molecular formula is C17H10Cl2O4S. The van der Waals surface area contributed by atoms with Crippen LogP contribution in [0, 0.1) is 0 Å². The topological polar surface area (TPSA) is 67.5 Å². The van der Waals surface area contributed by atoms with Crippen LogP contribution >= 0.6 is 34.5 Å². The molecule has 3 aromatic rings. The van der Waals surface area contributed by atoms with Crippen molar-refractivity contribution in [1.82, 2.24) is 0 Å². The van der Waals surface area contributed by atoms with Crippen LogP contribution < -0.4 is 0 Å². The number of halogens is 2. The molecule has 2 aromatic heterocycles. The van der Waals surface area contributed by atoms with E-state index in [0.29, 0.717) is 15.5 Å². The maximum absolute atomic E-state index is 12.5. The Bertz CT molecular complexity index is 909. The van der Waals surface area contributed by atoms with Crippen LogP contribution in [0.25, 0.3) is 10.4 Å². The lowest BCUT2D eigenvalue weighted by molar-refractivity contribution is -0.136. The van der Waals surface area contributed by atoms with Gasteiger partial charge in [0, 0.05) is 9.90 Å². The molecule has 2 heterocycles. The van der Waals surface area contributed by atoms with Gasteiger partial charge in [0.2, 0.25) is 5.78 Å². The fourth-order valence-electron chi connectivity index (χ4n) is 2.24. The second kappa shape index (κ2) is 6.81. The average Bonchev–Trinajstić information content (AvgIpc) is 3.14. The number of carbonyl (C=O) groups is 2. The Kier molecular flexibility index (Phi) is 4.76. The number of carbonyl (C=O) groups excluding carboxylic acids is 1. The maximum Gasteiger partial charge on any atom is 0.307 e. The van der Waals surface area contributed by atoms with Crippen molar-refractivity contribution >= 4 is 46.3 Å². The summed E-state index contributed by atoms with van der Waals surface area (Å²) < 4.78 is 5.14. The number of furan rings is 1. The molecule has 0 bridgehead atoms. The molecule has 4 nitrogen and oxygen atoms in total. The third-order valence-corrected chi connectivity index (χ3v) is 4.96. The molecule has 1 aromatic carbocycles. The van der Waals surface area contributed by atoms with Gasteiger partial charge < -0.3 is 9.52 Å². The predicted octanol–water partition coefficient (Wildman–Crippen LogP) is 5.17. The molecule has 3 rings (SSSR count). The minimum Gasteiger partial charge on any atom is -0.481 e. The number of carboxylic acid groups (broad SMARTS) is 1. The van der Waals surface area contributed by atoms with Gasteiger partial charge in [-0.15, -0.1) is 11.3 Å². The van der Waals surface area contributed by atoms with Crippen LogP contribution in [0.3, 0.4) is 0 Å². The monoisotopic (exact) mass is 380 g/mol. The molecule has 122 valence electrons. The zero-order chi connectivity index (χ0) is 17.3. The molecule has 0 aliphatic carbocycles. The lowest BCUT2D eigenvalue weighted by atomic mass is 10.1. The van der Waals surface area contributed by atoms with E-state index in [1.807, 2.05) is 0 Å². The van der Waals surface area contributed by atoms with Gasteiger partial charge in [0.05, 0.1) is 11.3 Å². The minimum atomic E-state index is -0.969. The highest BCUT2D eigenvalue weighted by atomic mass is 35.5. The van der Waals surface area contributed by atoms with Crippen molar-refractivity contribution in [2.45, 2.75) is 6.42 Å². The highest BCUT2D eigenvalue weighted by Gasteiger charge is 2.21. The second-order valence-corrected chi connectivity index (χ2v) is 6.84. The predicted molar refractivity (Wildman–Crippen MR) is 93.3 cm³/mol.